The maximum Gasteiger partial charge on any atom is 0.223 e. The zero-order valence-electron chi connectivity index (χ0n) is 6.42. The van der Waals surface area contributed by atoms with Gasteiger partial charge in [-0.2, -0.15) is 0 Å². The van der Waals surface area contributed by atoms with Gasteiger partial charge in [0.25, 0.3) is 0 Å². The number of hydrogen-bond donors (Lipinski definition) is 1. The quantitative estimate of drug-likeness (QED) is 0.697. The van der Waals surface area contributed by atoms with E-state index in [2.05, 4.69) is 15.5 Å². The molecule has 0 fully saturated rings. The lowest BCUT2D eigenvalue weighted by Gasteiger charge is -1.98. The van der Waals surface area contributed by atoms with E-state index in [0.29, 0.717) is 15.4 Å². The molecule has 1 heterocycles. The lowest BCUT2D eigenvalue weighted by atomic mass is 10.2. The van der Waals surface area contributed by atoms with Crippen LogP contribution in [0, 0.1) is 0 Å². The van der Waals surface area contributed by atoms with Crippen molar-refractivity contribution in [3.63, 3.8) is 0 Å². The Kier molecular flexibility index (Phi) is 1.86. The van der Waals surface area contributed by atoms with Crippen molar-refractivity contribution in [2.45, 2.75) is 0 Å². The van der Waals surface area contributed by atoms with Crippen LogP contribution in [0.5, 0.6) is 0 Å². The topological polar surface area (TPSA) is 63.8 Å². The Labute approximate surface area is 78.5 Å². The van der Waals surface area contributed by atoms with Crippen LogP contribution in [0.15, 0.2) is 24.3 Å². The van der Waals surface area contributed by atoms with Crippen molar-refractivity contribution in [1.29, 1.82) is 0 Å². The van der Waals surface area contributed by atoms with Gasteiger partial charge in [0.05, 0.1) is 5.02 Å². The van der Waals surface area contributed by atoms with Crippen molar-refractivity contribution in [1.82, 2.24) is 20.4 Å². The van der Waals surface area contributed by atoms with E-state index in [-0.39, 0.29) is 5.82 Å². The van der Waals surface area contributed by atoms with Gasteiger partial charge in [-0.1, -0.05) is 28.6 Å². The molecule has 0 amide bonds. The first-order valence-electron chi connectivity index (χ1n) is 3.51. The van der Waals surface area contributed by atoms with Crippen LogP contribution < -0.4 is 0 Å². The van der Waals surface area contributed by atoms with Crippen LogP contribution in [0.1, 0.15) is 0 Å². The van der Waals surface area contributed by atoms with Crippen molar-refractivity contribution in [2.24, 2.45) is 0 Å². The Bertz CT molecular complexity index is 428. The zero-order chi connectivity index (χ0) is 9.26. The molecular weight excluding hydrogens is 192 g/mol. The monoisotopic (exact) mass is 196 g/mol. The van der Waals surface area contributed by atoms with Crippen LogP contribution in [-0.4, -0.2) is 25.6 Å². The average molecular weight is 197 g/mol. The molecule has 0 aliphatic rings. The second-order valence-corrected chi connectivity index (χ2v) is 2.78. The fourth-order valence-electron chi connectivity index (χ4n) is 0.987. The molecule has 1 N–H and O–H groups in total. The van der Waals surface area contributed by atoms with Gasteiger partial charge < -0.3 is 5.21 Å². The molecule has 0 unspecified atom stereocenters. The summed E-state index contributed by atoms with van der Waals surface area (Å²) < 4.78 is 0. The normalized spacial score (nSPS) is 10.2. The second kappa shape index (κ2) is 3.02. The summed E-state index contributed by atoms with van der Waals surface area (Å²) >= 11 is 5.87. The van der Waals surface area contributed by atoms with Crippen LogP contribution >= 0.6 is 11.6 Å². The molecule has 0 atom stereocenters. The number of benzene rings is 1. The number of halogens is 1. The van der Waals surface area contributed by atoms with Gasteiger partial charge in [0.15, 0.2) is 0 Å². The molecule has 0 radical (unpaired) electrons. The number of aromatic nitrogens is 4. The van der Waals surface area contributed by atoms with Crippen LogP contribution in [0.25, 0.3) is 11.4 Å². The van der Waals surface area contributed by atoms with Crippen LogP contribution in [0.4, 0.5) is 0 Å². The summed E-state index contributed by atoms with van der Waals surface area (Å²) in [5.74, 6) is 0.227. The van der Waals surface area contributed by atoms with E-state index in [1.165, 1.54) is 0 Å². The predicted molar refractivity (Wildman–Crippen MR) is 45.4 cm³/mol. The van der Waals surface area contributed by atoms with Gasteiger partial charge in [0, 0.05) is 5.56 Å². The molecule has 0 saturated heterocycles. The van der Waals surface area contributed by atoms with Gasteiger partial charge in [-0.3, -0.25) is 0 Å². The molecule has 0 spiro atoms. The SMILES string of the molecule is On1nnnc1-c1ccccc1Cl. The lowest BCUT2D eigenvalue weighted by Crippen LogP contribution is -1.96. The van der Waals surface area contributed by atoms with Crippen LogP contribution in [0.2, 0.25) is 5.02 Å². The summed E-state index contributed by atoms with van der Waals surface area (Å²) in [6.07, 6.45) is 0. The summed E-state index contributed by atoms with van der Waals surface area (Å²) in [7, 11) is 0. The van der Waals surface area contributed by atoms with Gasteiger partial charge in [0.2, 0.25) is 5.82 Å². The number of tetrazole rings is 1. The van der Waals surface area contributed by atoms with Crippen LogP contribution in [0.3, 0.4) is 0 Å². The van der Waals surface area contributed by atoms with Gasteiger partial charge in [-0.15, -0.1) is 5.10 Å². The molecule has 2 aromatic rings. The van der Waals surface area contributed by atoms with E-state index in [4.69, 9.17) is 16.8 Å². The largest absolute Gasteiger partial charge is 0.409 e. The van der Waals surface area contributed by atoms with Crippen molar-refractivity contribution in [3.05, 3.63) is 29.3 Å². The third-order valence-corrected chi connectivity index (χ3v) is 1.90. The molecule has 13 heavy (non-hydrogen) atoms. The highest BCUT2D eigenvalue weighted by molar-refractivity contribution is 6.33. The molecule has 1 aromatic carbocycles. The van der Waals surface area contributed by atoms with E-state index in [1.54, 1.807) is 24.3 Å². The van der Waals surface area contributed by atoms with E-state index in [9.17, 15) is 0 Å². The minimum absolute atomic E-state index is 0.227. The number of nitrogens with zero attached hydrogens (tertiary/aromatic N) is 4. The van der Waals surface area contributed by atoms with Gasteiger partial charge in [-0.05, 0) is 22.6 Å². The number of rotatable bonds is 1. The first-order valence-corrected chi connectivity index (χ1v) is 3.89. The molecular formula is C7H5ClN4O. The first kappa shape index (κ1) is 8.00. The summed E-state index contributed by atoms with van der Waals surface area (Å²) in [5.41, 5.74) is 0.594. The Morgan fingerprint density at radius 3 is 2.69 bits per heavy atom. The fourth-order valence-corrected chi connectivity index (χ4v) is 1.21. The Morgan fingerprint density at radius 1 is 1.31 bits per heavy atom. The minimum atomic E-state index is 0.227. The van der Waals surface area contributed by atoms with Gasteiger partial charge in [-0.25, -0.2) is 0 Å². The molecule has 0 bridgehead atoms. The van der Waals surface area contributed by atoms with E-state index in [0.717, 1.165) is 0 Å². The molecule has 2 rings (SSSR count). The van der Waals surface area contributed by atoms with Crippen molar-refractivity contribution >= 4 is 11.6 Å². The minimum Gasteiger partial charge on any atom is -0.409 e. The highest BCUT2D eigenvalue weighted by Gasteiger charge is 2.10. The highest BCUT2D eigenvalue weighted by atomic mass is 35.5. The number of hydrogen-bond acceptors (Lipinski definition) is 4. The molecule has 6 heteroatoms. The molecule has 0 aliphatic heterocycles. The van der Waals surface area contributed by atoms with Crippen LogP contribution in [-0.2, 0) is 0 Å². The highest BCUT2D eigenvalue weighted by Crippen LogP contribution is 2.24. The van der Waals surface area contributed by atoms with Crippen molar-refractivity contribution < 1.29 is 5.21 Å². The third-order valence-electron chi connectivity index (χ3n) is 1.57. The summed E-state index contributed by atoms with van der Waals surface area (Å²) in [5, 5.41) is 19.8. The van der Waals surface area contributed by atoms with E-state index >= 15 is 0 Å². The molecule has 1 aromatic heterocycles. The van der Waals surface area contributed by atoms with E-state index < -0.39 is 0 Å². The molecule has 0 saturated carbocycles. The third kappa shape index (κ3) is 1.33. The lowest BCUT2D eigenvalue weighted by molar-refractivity contribution is 0.147. The standard InChI is InChI=1S/C7H5ClN4O/c8-6-4-2-1-3-5(6)7-9-10-11-12(7)13/h1-4,13H. The fraction of sp³-hybridized carbons (Fsp3) is 0. The van der Waals surface area contributed by atoms with E-state index in [1.807, 2.05) is 0 Å². The Balaban J connectivity index is 2.59. The maximum absolute atomic E-state index is 9.15. The molecule has 0 aliphatic carbocycles. The molecule has 66 valence electrons. The predicted octanol–water partition coefficient (Wildman–Crippen LogP) is 1.23. The summed E-state index contributed by atoms with van der Waals surface area (Å²) in [6, 6.07) is 7.00. The maximum atomic E-state index is 9.15. The smallest absolute Gasteiger partial charge is 0.223 e. The first-order chi connectivity index (χ1) is 6.29. The second-order valence-electron chi connectivity index (χ2n) is 2.37. The summed E-state index contributed by atoms with van der Waals surface area (Å²) in [6.45, 7) is 0. The summed E-state index contributed by atoms with van der Waals surface area (Å²) in [4.78, 5) is 0.585. The Hall–Kier alpha value is -1.62. The van der Waals surface area contributed by atoms with Gasteiger partial charge in [0.1, 0.15) is 0 Å². The Morgan fingerprint density at radius 2 is 2.08 bits per heavy atom. The van der Waals surface area contributed by atoms with Gasteiger partial charge >= 0.3 is 0 Å². The van der Waals surface area contributed by atoms with Crippen molar-refractivity contribution in [2.75, 3.05) is 0 Å². The molecule has 5 nitrogen and oxygen atoms in total. The zero-order valence-corrected chi connectivity index (χ0v) is 7.18. The van der Waals surface area contributed by atoms with Crippen molar-refractivity contribution in [3.8, 4) is 11.4 Å². The average Bonchev–Trinajstić information content (AvgIpc) is 2.52.